The lowest BCUT2D eigenvalue weighted by molar-refractivity contribution is -0.134. The van der Waals surface area contributed by atoms with Gasteiger partial charge in [0.2, 0.25) is 0 Å². The van der Waals surface area contributed by atoms with Gasteiger partial charge in [-0.3, -0.25) is 0 Å². The molecule has 0 radical (unpaired) electrons. The second-order valence-corrected chi connectivity index (χ2v) is 5.69. The van der Waals surface area contributed by atoms with Crippen molar-refractivity contribution < 1.29 is 19.8 Å². The Hall–Kier alpha value is -3.08. The van der Waals surface area contributed by atoms with Crippen molar-refractivity contribution in [2.75, 3.05) is 0 Å². The van der Waals surface area contributed by atoms with Crippen LogP contribution in [0.5, 0.6) is 0 Å². The molecule has 0 saturated carbocycles. The number of carbonyl (C=O) groups is 2. The molecule has 0 aromatic heterocycles. The Bertz CT molecular complexity index is 774. The van der Waals surface area contributed by atoms with Crippen molar-refractivity contribution in [1.82, 2.24) is 5.32 Å². The van der Waals surface area contributed by atoms with Crippen LogP contribution < -0.4 is 5.32 Å². The van der Waals surface area contributed by atoms with Gasteiger partial charge >= 0.3 is 11.9 Å². The molecule has 2 atom stereocenters. The molecule has 2 unspecified atom stereocenters. The summed E-state index contributed by atoms with van der Waals surface area (Å²) in [6, 6.07) is 0.469. The highest BCUT2D eigenvalue weighted by Crippen LogP contribution is 2.42. The van der Waals surface area contributed by atoms with E-state index in [1.165, 1.54) is 22.4 Å². The van der Waals surface area contributed by atoms with Crippen LogP contribution in [0.1, 0.15) is 6.42 Å². The number of rotatable bonds is 2. The third kappa shape index (κ3) is 3.15. The molecule has 0 fully saturated rings. The first-order valence-electron chi connectivity index (χ1n) is 7.63. The number of allylic oxidation sites excluding steroid dienone is 7. The maximum Gasteiger partial charge on any atom is 0.328 e. The minimum Gasteiger partial charge on any atom is -0.478 e. The lowest BCUT2D eigenvalue weighted by Gasteiger charge is -2.28. The highest BCUT2D eigenvalue weighted by atomic mass is 16.4. The molecule has 5 heteroatoms. The van der Waals surface area contributed by atoms with Crippen molar-refractivity contribution in [1.29, 1.82) is 0 Å². The van der Waals surface area contributed by atoms with Crippen LogP contribution in [-0.2, 0) is 9.59 Å². The molecule has 0 aromatic rings. The minimum absolute atomic E-state index is 0.469. The Balaban J connectivity index is 0.000000183. The second-order valence-electron chi connectivity index (χ2n) is 5.69. The third-order valence-electron chi connectivity index (χ3n) is 4.19. The molecule has 4 aliphatic rings. The van der Waals surface area contributed by atoms with E-state index in [0.29, 0.717) is 24.1 Å². The summed E-state index contributed by atoms with van der Waals surface area (Å²) in [7, 11) is 0. The summed E-state index contributed by atoms with van der Waals surface area (Å²) in [6.07, 6.45) is 20.1. The van der Waals surface area contributed by atoms with Crippen LogP contribution in [0.15, 0.2) is 83.2 Å². The van der Waals surface area contributed by atoms with Gasteiger partial charge in [-0.05, 0) is 29.2 Å². The van der Waals surface area contributed by atoms with E-state index in [2.05, 4.69) is 53.9 Å². The minimum atomic E-state index is -1.26. The number of carboxylic acid groups (broad SMARTS) is 2. The maximum absolute atomic E-state index is 9.55. The van der Waals surface area contributed by atoms with Gasteiger partial charge in [-0.2, -0.15) is 0 Å². The molecule has 0 saturated heterocycles. The summed E-state index contributed by atoms with van der Waals surface area (Å²) >= 11 is 0. The maximum atomic E-state index is 9.55. The fourth-order valence-corrected chi connectivity index (χ4v) is 3.21. The number of fused-ring (bicyclic) bond motifs is 6. The summed E-state index contributed by atoms with van der Waals surface area (Å²) in [4.78, 5) is 19.1. The lowest BCUT2D eigenvalue weighted by Crippen LogP contribution is -2.33. The summed E-state index contributed by atoms with van der Waals surface area (Å²) in [5, 5.41) is 19.3. The van der Waals surface area contributed by atoms with Gasteiger partial charge in [0.1, 0.15) is 0 Å². The van der Waals surface area contributed by atoms with Gasteiger partial charge in [0, 0.05) is 23.8 Å². The monoisotopic (exact) mass is 323 g/mol. The normalized spacial score (nSPS) is 25.2. The predicted molar refractivity (Wildman–Crippen MR) is 90.1 cm³/mol. The van der Waals surface area contributed by atoms with Crippen molar-refractivity contribution in [3.8, 4) is 0 Å². The van der Waals surface area contributed by atoms with Crippen molar-refractivity contribution in [3.05, 3.63) is 83.2 Å². The molecule has 24 heavy (non-hydrogen) atoms. The molecule has 0 amide bonds. The largest absolute Gasteiger partial charge is 0.478 e. The molecule has 4 rings (SSSR count). The molecule has 5 nitrogen and oxygen atoms in total. The fraction of sp³-hybridized carbons (Fsp3) is 0.158. The molecule has 2 aliphatic heterocycles. The summed E-state index contributed by atoms with van der Waals surface area (Å²) in [6.45, 7) is 0. The molecule has 0 spiro atoms. The number of carboxylic acids is 2. The van der Waals surface area contributed by atoms with E-state index in [9.17, 15) is 9.59 Å². The fourth-order valence-electron chi connectivity index (χ4n) is 3.21. The van der Waals surface area contributed by atoms with Crippen molar-refractivity contribution in [3.63, 3.8) is 0 Å². The topological polar surface area (TPSA) is 86.6 Å². The zero-order valence-corrected chi connectivity index (χ0v) is 12.8. The summed E-state index contributed by atoms with van der Waals surface area (Å²) in [5.74, 6) is -1.98. The SMILES string of the molecule is C1=CCC2=CC3=C4C=CC=CC4C(N3)C2=C1.O=C(O)/C=C\C(=O)O. The van der Waals surface area contributed by atoms with E-state index in [0.717, 1.165) is 6.42 Å². The number of nitrogens with one attached hydrogen (secondary N) is 1. The smallest absolute Gasteiger partial charge is 0.328 e. The van der Waals surface area contributed by atoms with Crippen LogP contribution in [0.25, 0.3) is 0 Å². The standard InChI is InChI=1S/C15H13N.C4H4O4/c1-2-6-11-10(5-1)9-14-12-7-3-4-8-13(12)15(11)16-14;5-3(6)1-2-4(7)8/h1-4,6-9,13,15-16H,5H2;1-2H,(H,5,6)(H,7,8)/b;2-1-. The number of hydrogen-bond donors (Lipinski definition) is 3. The van der Waals surface area contributed by atoms with E-state index in [1.54, 1.807) is 0 Å². The van der Waals surface area contributed by atoms with E-state index >= 15 is 0 Å². The quantitative estimate of drug-likeness (QED) is 0.680. The van der Waals surface area contributed by atoms with Crippen LogP contribution in [0.4, 0.5) is 0 Å². The highest BCUT2D eigenvalue weighted by Gasteiger charge is 2.38. The number of aliphatic carboxylic acids is 2. The zero-order valence-electron chi connectivity index (χ0n) is 12.8. The lowest BCUT2D eigenvalue weighted by atomic mass is 9.83. The Morgan fingerprint density at radius 3 is 2.58 bits per heavy atom. The summed E-state index contributed by atoms with van der Waals surface area (Å²) in [5.41, 5.74) is 5.75. The van der Waals surface area contributed by atoms with Crippen LogP contribution in [0.3, 0.4) is 0 Å². The van der Waals surface area contributed by atoms with Gasteiger partial charge in [-0.25, -0.2) is 9.59 Å². The molecule has 2 bridgehead atoms. The Labute approximate surface area is 139 Å². The van der Waals surface area contributed by atoms with Gasteiger partial charge < -0.3 is 15.5 Å². The van der Waals surface area contributed by atoms with E-state index in [1.807, 2.05) is 0 Å². The Morgan fingerprint density at radius 2 is 1.88 bits per heavy atom. The van der Waals surface area contributed by atoms with Gasteiger partial charge in [0.05, 0.1) is 6.04 Å². The first-order valence-corrected chi connectivity index (χ1v) is 7.63. The third-order valence-corrected chi connectivity index (χ3v) is 4.19. The van der Waals surface area contributed by atoms with Crippen molar-refractivity contribution in [2.24, 2.45) is 5.92 Å². The predicted octanol–water partition coefficient (Wildman–Crippen LogP) is 2.49. The Morgan fingerprint density at radius 1 is 1.12 bits per heavy atom. The molecular formula is C19H17NO4. The van der Waals surface area contributed by atoms with Crippen molar-refractivity contribution in [2.45, 2.75) is 12.5 Å². The van der Waals surface area contributed by atoms with Gasteiger partial charge in [-0.15, -0.1) is 0 Å². The highest BCUT2D eigenvalue weighted by molar-refractivity contribution is 5.89. The first kappa shape index (κ1) is 15.8. The average Bonchev–Trinajstić information content (AvgIpc) is 2.88. The molecule has 0 aromatic carbocycles. The van der Waals surface area contributed by atoms with Crippen LogP contribution in [-0.4, -0.2) is 28.2 Å². The van der Waals surface area contributed by atoms with Gasteiger partial charge in [0.25, 0.3) is 0 Å². The first-order chi connectivity index (χ1) is 11.6. The average molecular weight is 323 g/mol. The van der Waals surface area contributed by atoms with E-state index in [-0.39, 0.29) is 0 Å². The van der Waals surface area contributed by atoms with Gasteiger partial charge in [0.15, 0.2) is 0 Å². The van der Waals surface area contributed by atoms with Crippen molar-refractivity contribution >= 4 is 11.9 Å². The van der Waals surface area contributed by atoms with Crippen LogP contribution in [0.2, 0.25) is 0 Å². The van der Waals surface area contributed by atoms with Crippen LogP contribution in [0, 0.1) is 5.92 Å². The van der Waals surface area contributed by atoms with Crippen LogP contribution >= 0.6 is 0 Å². The van der Waals surface area contributed by atoms with E-state index in [4.69, 9.17) is 10.2 Å². The van der Waals surface area contributed by atoms with E-state index < -0.39 is 11.9 Å². The molecule has 3 N–H and O–H groups in total. The Kier molecular flexibility index (Phi) is 4.33. The second kappa shape index (κ2) is 6.58. The number of hydrogen-bond acceptors (Lipinski definition) is 3. The van der Waals surface area contributed by atoms with Gasteiger partial charge in [-0.1, -0.05) is 42.5 Å². The molecule has 2 aliphatic carbocycles. The molecular weight excluding hydrogens is 306 g/mol. The molecule has 122 valence electrons. The summed E-state index contributed by atoms with van der Waals surface area (Å²) < 4.78 is 0. The zero-order chi connectivity index (χ0) is 17.1. The molecule has 2 heterocycles.